The molecule has 0 aromatic heterocycles. The monoisotopic (exact) mass is 622 g/mol. The molecule has 0 spiro atoms. The Morgan fingerprint density at radius 3 is 2.24 bits per heavy atom. The molecule has 5 rings (SSSR count). The Kier molecular flexibility index (Phi) is 10.4. The van der Waals surface area contributed by atoms with Crippen LogP contribution in [0.4, 0.5) is 17.1 Å². The minimum atomic E-state index is -0.835. The number of hydrogen-bond acceptors (Lipinski definition) is 6. The number of fused-ring (bicyclic) bond motifs is 1. The summed E-state index contributed by atoms with van der Waals surface area (Å²) in [7, 11) is 0. The van der Waals surface area contributed by atoms with E-state index in [9.17, 15) is 24.9 Å². The summed E-state index contributed by atoms with van der Waals surface area (Å²) in [5, 5.41) is 35.9. The van der Waals surface area contributed by atoms with E-state index < -0.39 is 23.9 Å². The van der Waals surface area contributed by atoms with Crippen molar-refractivity contribution in [1.29, 1.82) is 0 Å². The molecule has 1 saturated heterocycles. The highest BCUT2D eigenvalue weighted by Gasteiger charge is 2.55. The zero-order valence-electron chi connectivity index (χ0n) is 27.3. The van der Waals surface area contributed by atoms with Crippen LogP contribution in [0.5, 0.6) is 5.75 Å². The number of carbonyl (C=O) groups excluding carboxylic acids is 2. The molecule has 1 heterocycles. The zero-order chi connectivity index (χ0) is 33.0. The highest BCUT2D eigenvalue weighted by atomic mass is 16.3. The minimum Gasteiger partial charge on any atom is -0.507 e. The van der Waals surface area contributed by atoms with Gasteiger partial charge in [0.1, 0.15) is 5.75 Å². The van der Waals surface area contributed by atoms with Gasteiger partial charge in [0.05, 0.1) is 30.2 Å². The normalized spacial score (nSPS) is 20.7. The van der Waals surface area contributed by atoms with Crippen LogP contribution in [0.1, 0.15) is 69.1 Å². The summed E-state index contributed by atoms with van der Waals surface area (Å²) in [4.78, 5) is 29.1. The lowest BCUT2D eigenvalue weighted by Crippen LogP contribution is -2.39. The number of amides is 2. The summed E-state index contributed by atoms with van der Waals surface area (Å²) in [6.07, 6.45) is 5.14. The van der Waals surface area contributed by atoms with E-state index in [1.165, 1.54) is 10.5 Å². The van der Waals surface area contributed by atoms with Crippen molar-refractivity contribution in [3.8, 4) is 5.75 Å². The fraction of sp³-hybridized carbons (Fsp3) is 0.385. The van der Waals surface area contributed by atoms with Gasteiger partial charge in [-0.25, -0.2) is 0 Å². The number of aliphatic hydroxyl groups is 2. The number of imide groups is 1. The number of hydrogen-bond donors (Lipinski definition) is 4. The van der Waals surface area contributed by atoms with Crippen molar-refractivity contribution in [2.45, 2.75) is 72.3 Å². The van der Waals surface area contributed by atoms with Gasteiger partial charge in [-0.1, -0.05) is 55.7 Å². The van der Waals surface area contributed by atoms with Gasteiger partial charge in [0.2, 0.25) is 11.8 Å². The number of anilines is 3. The van der Waals surface area contributed by atoms with E-state index in [0.29, 0.717) is 37.1 Å². The van der Waals surface area contributed by atoms with E-state index in [0.717, 1.165) is 52.1 Å². The van der Waals surface area contributed by atoms with Gasteiger partial charge in [-0.3, -0.25) is 14.5 Å². The number of allylic oxidation sites excluding steroid dienone is 2. The first kappa shape index (κ1) is 33.2. The first-order valence-electron chi connectivity index (χ1n) is 16.5. The highest BCUT2D eigenvalue weighted by molar-refractivity contribution is 6.22. The van der Waals surface area contributed by atoms with Crippen LogP contribution < -0.4 is 10.2 Å². The van der Waals surface area contributed by atoms with E-state index in [1.54, 1.807) is 12.1 Å². The third-order valence-corrected chi connectivity index (χ3v) is 9.56. The standard InChI is InChI=1S/C39H46N2O5/c1-5-10-28-22-32-36(39(46)41(38(32)45)31-16-14-30(15-17-31)40-29-11-8-7-9-12-29)33(23-42)35(28)34(43)18-13-26(6-2)21-27-19-24(3)37(44)25(4)20-27/h7-9,11-12,14-17,19-21,32-34,36,40,42-44H,5-6,10,13,18,22-23H2,1-4H3/b26-21+/t32-,33+,34-,36-/m1/s1. The number of aliphatic hydroxyl groups excluding tert-OH is 2. The molecule has 0 bridgehead atoms. The lowest BCUT2D eigenvalue weighted by Gasteiger charge is -2.36. The van der Waals surface area contributed by atoms with Crippen molar-refractivity contribution >= 4 is 35.0 Å². The molecular formula is C39H46N2O5. The summed E-state index contributed by atoms with van der Waals surface area (Å²) in [5.74, 6) is -2.14. The molecule has 3 aromatic carbocycles. The van der Waals surface area contributed by atoms with Gasteiger partial charge in [-0.15, -0.1) is 0 Å². The van der Waals surface area contributed by atoms with Crippen LogP contribution in [0.2, 0.25) is 0 Å². The summed E-state index contributed by atoms with van der Waals surface area (Å²) in [6.45, 7) is 7.61. The quantitative estimate of drug-likeness (QED) is 0.122. The average Bonchev–Trinajstić information content (AvgIpc) is 3.30. The van der Waals surface area contributed by atoms with Gasteiger partial charge in [-0.2, -0.15) is 0 Å². The number of phenols is 1. The maximum Gasteiger partial charge on any atom is 0.238 e. The Balaban J connectivity index is 1.36. The first-order chi connectivity index (χ1) is 22.2. The SMILES string of the molecule is CCCC1=C([C@H](O)CC/C(=C/c2cc(C)c(O)c(C)c2)CC)[C@H](CO)[C@@H]2C(=O)N(c3ccc(Nc4ccccc4)cc3)C(=O)[C@@H]2C1. The summed E-state index contributed by atoms with van der Waals surface area (Å²) in [5.41, 5.74) is 7.84. The molecule has 7 nitrogen and oxygen atoms in total. The van der Waals surface area contributed by atoms with Crippen LogP contribution in [0.15, 0.2) is 83.4 Å². The number of carbonyl (C=O) groups is 2. The largest absolute Gasteiger partial charge is 0.507 e. The Labute approximate surface area is 272 Å². The number of nitrogens with zero attached hydrogens (tertiary/aromatic N) is 1. The zero-order valence-corrected chi connectivity index (χ0v) is 27.3. The Morgan fingerprint density at radius 1 is 0.978 bits per heavy atom. The van der Waals surface area contributed by atoms with Gasteiger partial charge in [0.15, 0.2) is 0 Å². The van der Waals surface area contributed by atoms with Crippen LogP contribution >= 0.6 is 0 Å². The molecule has 46 heavy (non-hydrogen) atoms. The van der Waals surface area contributed by atoms with Crippen LogP contribution in [0.3, 0.4) is 0 Å². The number of benzene rings is 3. The second kappa shape index (κ2) is 14.5. The smallest absolute Gasteiger partial charge is 0.238 e. The topological polar surface area (TPSA) is 110 Å². The molecule has 0 saturated carbocycles. The fourth-order valence-corrected chi connectivity index (χ4v) is 7.27. The summed E-state index contributed by atoms with van der Waals surface area (Å²) in [6, 6.07) is 20.9. The van der Waals surface area contributed by atoms with Gasteiger partial charge in [0, 0.05) is 17.3 Å². The number of phenolic OH excluding ortho intramolecular Hbond substituents is 1. The minimum absolute atomic E-state index is 0.241. The third kappa shape index (κ3) is 6.81. The molecular weight excluding hydrogens is 576 g/mol. The maximum atomic E-state index is 14.0. The Bertz CT molecular complexity index is 1600. The Hall–Kier alpha value is -4.20. The van der Waals surface area contributed by atoms with Crippen LogP contribution in [-0.2, 0) is 9.59 Å². The van der Waals surface area contributed by atoms with Crippen LogP contribution in [0, 0.1) is 31.6 Å². The van der Waals surface area contributed by atoms with E-state index in [-0.39, 0.29) is 18.4 Å². The molecule has 2 aliphatic rings. The summed E-state index contributed by atoms with van der Waals surface area (Å²) >= 11 is 0. The number of para-hydroxylation sites is 1. The number of nitrogens with one attached hydrogen (secondary N) is 1. The lowest BCUT2D eigenvalue weighted by molar-refractivity contribution is -0.123. The molecule has 2 amide bonds. The molecule has 7 heteroatoms. The lowest BCUT2D eigenvalue weighted by atomic mass is 9.67. The molecule has 1 fully saturated rings. The highest BCUT2D eigenvalue weighted by Crippen LogP contribution is 2.48. The van der Waals surface area contributed by atoms with Crippen molar-refractivity contribution in [3.05, 3.63) is 100 Å². The predicted octanol–water partition coefficient (Wildman–Crippen LogP) is 7.60. The van der Waals surface area contributed by atoms with Crippen molar-refractivity contribution < 1.29 is 24.9 Å². The molecule has 242 valence electrons. The van der Waals surface area contributed by atoms with Gasteiger partial charge >= 0.3 is 0 Å². The maximum absolute atomic E-state index is 14.0. The van der Waals surface area contributed by atoms with Crippen LogP contribution in [-0.4, -0.2) is 39.8 Å². The number of aryl methyl sites for hydroxylation is 2. The van der Waals surface area contributed by atoms with Crippen molar-refractivity contribution in [2.24, 2.45) is 17.8 Å². The van der Waals surface area contributed by atoms with Crippen LogP contribution in [0.25, 0.3) is 6.08 Å². The van der Waals surface area contributed by atoms with E-state index in [4.69, 9.17) is 0 Å². The molecule has 4 N–H and O–H groups in total. The predicted molar refractivity (Wildman–Crippen MR) is 184 cm³/mol. The van der Waals surface area contributed by atoms with E-state index in [2.05, 4.69) is 25.2 Å². The van der Waals surface area contributed by atoms with Gasteiger partial charge in [0.25, 0.3) is 0 Å². The average molecular weight is 623 g/mol. The second-order valence-corrected chi connectivity index (χ2v) is 12.7. The molecule has 0 unspecified atom stereocenters. The molecule has 0 radical (unpaired) electrons. The molecule has 1 aliphatic heterocycles. The third-order valence-electron chi connectivity index (χ3n) is 9.56. The van der Waals surface area contributed by atoms with E-state index in [1.807, 2.05) is 68.4 Å². The molecule has 1 aliphatic carbocycles. The second-order valence-electron chi connectivity index (χ2n) is 12.7. The first-order valence-corrected chi connectivity index (χ1v) is 16.5. The van der Waals surface area contributed by atoms with Crippen molar-refractivity contribution in [3.63, 3.8) is 0 Å². The van der Waals surface area contributed by atoms with E-state index >= 15 is 0 Å². The number of aromatic hydroxyl groups is 1. The van der Waals surface area contributed by atoms with Crippen molar-refractivity contribution in [1.82, 2.24) is 0 Å². The summed E-state index contributed by atoms with van der Waals surface area (Å²) < 4.78 is 0. The van der Waals surface area contributed by atoms with Gasteiger partial charge < -0.3 is 20.6 Å². The number of rotatable bonds is 12. The Morgan fingerprint density at radius 2 is 1.63 bits per heavy atom. The fourth-order valence-electron chi connectivity index (χ4n) is 7.27. The molecule has 3 aromatic rings. The van der Waals surface area contributed by atoms with Crippen molar-refractivity contribution in [2.75, 3.05) is 16.8 Å². The molecule has 4 atom stereocenters. The van der Waals surface area contributed by atoms with Gasteiger partial charge in [-0.05, 0) is 117 Å².